The fourth-order valence-corrected chi connectivity index (χ4v) is 2.33. The van der Waals surface area contributed by atoms with Crippen molar-refractivity contribution >= 4 is 23.3 Å². The van der Waals surface area contributed by atoms with Gasteiger partial charge in [0.15, 0.2) is 0 Å². The molecule has 0 atom stereocenters. The molecule has 2 N–H and O–H groups in total. The van der Waals surface area contributed by atoms with Crippen LogP contribution in [-0.4, -0.2) is 25.5 Å². The minimum atomic E-state index is -0.365. The van der Waals surface area contributed by atoms with Crippen LogP contribution in [0.15, 0.2) is 48.5 Å². The fraction of sp³-hybridized carbons (Fsp3) is 0.263. The van der Waals surface area contributed by atoms with Crippen LogP contribution in [0.3, 0.4) is 0 Å². The second-order valence-corrected chi connectivity index (χ2v) is 5.30. The van der Waals surface area contributed by atoms with Crippen molar-refractivity contribution in [1.82, 2.24) is 0 Å². The van der Waals surface area contributed by atoms with E-state index in [-0.39, 0.29) is 11.9 Å². The summed E-state index contributed by atoms with van der Waals surface area (Å²) >= 11 is 0. The van der Waals surface area contributed by atoms with Crippen molar-refractivity contribution in [1.29, 1.82) is 0 Å². The summed E-state index contributed by atoms with van der Waals surface area (Å²) in [6.45, 7) is 2.57. The molecule has 0 spiro atoms. The van der Waals surface area contributed by atoms with Crippen molar-refractivity contribution in [2.45, 2.75) is 19.8 Å². The van der Waals surface area contributed by atoms with E-state index >= 15 is 0 Å². The molecule has 5 nitrogen and oxygen atoms in total. The van der Waals surface area contributed by atoms with Crippen LogP contribution in [-0.2, 0) is 16.0 Å². The lowest BCUT2D eigenvalue weighted by molar-refractivity contribution is -0.115. The van der Waals surface area contributed by atoms with Gasteiger partial charge >= 0.3 is 5.97 Å². The highest BCUT2D eigenvalue weighted by atomic mass is 16.5. The summed E-state index contributed by atoms with van der Waals surface area (Å²) in [5.41, 5.74) is 3.34. The molecule has 0 aromatic heterocycles. The first kappa shape index (κ1) is 17.5. The van der Waals surface area contributed by atoms with Crippen molar-refractivity contribution in [3.05, 3.63) is 59.7 Å². The number of hydrogen-bond donors (Lipinski definition) is 2. The van der Waals surface area contributed by atoms with Crippen LogP contribution in [0.2, 0.25) is 0 Å². The molecule has 0 heterocycles. The number of rotatable bonds is 7. The predicted molar refractivity (Wildman–Crippen MR) is 95.3 cm³/mol. The molecule has 24 heavy (non-hydrogen) atoms. The van der Waals surface area contributed by atoms with E-state index in [1.807, 2.05) is 24.3 Å². The van der Waals surface area contributed by atoms with Crippen LogP contribution in [0.5, 0.6) is 0 Å². The molecule has 0 aliphatic carbocycles. The van der Waals surface area contributed by atoms with Gasteiger partial charge in [0.1, 0.15) is 0 Å². The third-order valence-electron chi connectivity index (χ3n) is 3.66. The molecule has 0 aliphatic heterocycles. The number of carbonyl (C=O) groups excluding carboxylic acids is 2. The van der Waals surface area contributed by atoms with Crippen molar-refractivity contribution in [3.8, 4) is 0 Å². The SMILES string of the molecule is CCc1ccccc1NC(=O)CCNc1ccc(C(=O)OC)cc1. The minimum absolute atomic E-state index is 0.0328. The second kappa shape index (κ2) is 8.72. The monoisotopic (exact) mass is 326 g/mol. The Labute approximate surface area is 142 Å². The number of hydrogen-bond acceptors (Lipinski definition) is 4. The van der Waals surface area contributed by atoms with E-state index in [0.29, 0.717) is 18.5 Å². The molecule has 2 aromatic carbocycles. The van der Waals surface area contributed by atoms with Crippen molar-refractivity contribution in [2.75, 3.05) is 24.3 Å². The Hall–Kier alpha value is -2.82. The van der Waals surface area contributed by atoms with Crippen molar-refractivity contribution in [2.24, 2.45) is 0 Å². The number of amides is 1. The molecule has 1 amide bonds. The lowest BCUT2D eigenvalue weighted by atomic mass is 10.1. The number of anilines is 2. The number of nitrogens with one attached hydrogen (secondary N) is 2. The zero-order valence-corrected chi connectivity index (χ0v) is 14.0. The highest BCUT2D eigenvalue weighted by Crippen LogP contribution is 2.15. The molecule has 0 aliphatic rings. The first-order chi connectivity index (χ1) is 11.6. The zero-order chi connectivity index (χ0) is 17.4. The predicted octanol–water partition coefficient (Wildman–Crippen LogP) is 3.48. The Morgan fingerprint density at radius 3 is 2.42 bits per heavy atom. The third-order valence-corrected chi connectivity index (χ3v) is 3.66. The molecule has 126 valence electrons. The zero-order valence-electron chi connectivity index (χ0n) is 14.0. The van der Waals surface area contributed by atoms with Crippen LogP contribution in [0.1, 0.15) is 29.3 Å². The van der Waals surface area contributed by atoms with Crippen LogP contribution in [0.4, 0.5) is 11.4 Å². The molecule has 2 rings (SSSR count). The van der Waals surface area contributed by atoms with Crippen LogP contribution in [0, 0.1) is 0 Å². The molecule has 0 saturated carbocycles. The van der Waals surface area contributed by atoms with E-state index in [0.717, 1.165) is 23.4 Å². The van der Waals surface area contributed by atoms with E-state index in [4.69, 9.17) is 0 Å². The average molecular weight is 326 g/mol. The normalized spacial score (nSPS) is 10.1. The number of aryl methyl sites for hydroxylation is 1. The molecule has 0 fully saturated rings. The Balaban J connectivity index is 1.81. The molecule has 0 unspecified atom stereocenters. The topological polar surface area (TPSA) is 67.4 Å². The minimum Gasteiger partial charge on any atom is -0.465 e. The lowest BCUT2D eigenvalue weighted by Crippen LogP contribution is -2.17. The van der Waals surface area contributed by atoms with Crippen molar-refractivity contribution < 1.29 is 14.3 Å². The Morgan fingerprint density at radius 1 is 1.04 bits per heavy atom. The molecule has 0 saturated heterocycles. The van der Waals surface area contributed by atoms with E-state index < -0.39 is 0 Å². The highest BCUT2D eigenvalue weighted by molar-refractivity contribution is 5.92. The van der Waals surface area contributed by atoms with E-state index in [1.165, 1.54) is 7.11 Å². The van der Waals surface area contributed by atoms with Gasteiger partial charge in [-0.2, -0.15) is 0 Å². The maximum Gasteiger partial charge on any atom is 0.337 e. The van der Waals surface area contributed by atoms with E-state index in [2.05, 4.69) is 22.3 Å². The fourth-order valence-electron chi connectivity index (χ4n) is 2.33. The molecule has 0 radical (unpaired) electrons. The molecule has 0 bridgehead atoms. The number of ether oxygens (including phenoxy) is 1. The summed E-state index contributed by atoms with van der Waals surface area (Å²) in [7, 11) is 1.35. The summed E-state index contributed by atoms with van der Waals surface area (Å²) in [4.78, 5) is 23.4. The summed E-state index contributed by atoms with van der Waals surface area (Å²) in [5.74, 6) is -0.398. The average Bonchev–Trinajstić information content (AvgIpc) is 2.62. The number of para-hydroxylation sites is 1. The Bertz CT molecular complexity index is 696. The first-order valence-electron chi connectivity index (χ1n) is 7.94. The smallest absolute Gasteiger partial charge is 0.337 e. The quantitative estimate of drug-likeness (QED) is 0.765. The maximum atomic E-state index is 12.0. The molecule has 5 heteroatoms. The summed E-state index contributed by atoms with van der Waals surface area (Å²) in [5, 5.41) is 6.10. The van der Waals surface area contributed by atoms with Crippen molar-refractivity contribution in [3.63, 3.8) is 0 Å². The van der Waals surface area contributed by atoms with Gasteiger partial charge in [-0.05, 0) is 42.3 Å². The third kappa shape index (κ3) is 4.84. The van der Waals surface area contributed by atoms with Gasteiger partial charge in [-0.1, -0.05) is 25.1 Å². The van der Waals surface area contributed by atoms with Gasteiger partial charge in [0.25, 0.3) is 0 Å². The van der Waals surface area contributed by atoms with Gasteiger partial charge in [0, 0.05) is 24.3 Å². The molecular weight excluding hydrogens is 304 g/mol. The first-order valence-corrected chi connectivity index (χ1v) is 7.94. The maximum absolute atomic E-state index is 12.0. The second-order valence-electron chi connectivity index (χ2n) is 5.30. The van der Waals surface area contributed by atoms with E-state index in [1.54, 1.807) is 24.3 Å². The largest absolute Gasteiger partial charge is 0.465 e. The van der Waals surface area contributed by atoms with Gasteiger partial charge < -0.3 is 15.4 Å². The summed E-state index contributed by atoms with van der Waals surface area (Å²) in [6.07, 6.45) is 1.23. The number of carbonyl (C=O) groups is 2. The van der Waals surface area contributed by atoms with Crippen LogP contribution >= 0.6 is 0 Å². The van der Waals surface area contributed by atoms with Gasteiger partial charge in [-0.15, -0.1) is 0 Å². The van der Waals surface area contributed by atoms with Gasteiger partial charge in [0.05, 0.1) is 12.7 Å². The van der Waals surface area contributed by atoms with Crippen LogP contribution in [0.25, 0.3) is 0 Å². The summed E-state index contributed by atoms with van der Waals surface area (Å²) < 4.78 is 4.65. The molecular formula is C19H22N2O3. The standard InChI is InChI=1S/C19H22N2O3/c1-3-14-6-4-5-7-17(14)21-18(22)12-13-20-16-10-8-15(9-11-16)19(23)24-2/h4-11,20H,3,12-13H2,1-2H3,(H,21,22). The Kier molecular flexibility index (Phi) is 6.37. The highest BCUT2D eigenvalue weighted by Gasteiger charge is 2.06. The summed E-state index contributed by atoms with van der Waals surface area (Å²) in [6, 6.07) is 14.8. The lowest BCUT2D eigenvalue weighted by Gasteiger charge is -2.10. The van der Waals surface area contributed by atoms with E-state index in [9.17, 15) is 9.59 Å². The van der Waals surface area contributed by atoms with Gasteiger partial charge in [-0.25, -0.2) is 4.79 Å². The Morgan fingerprint density at radius 2 is 1.75 bits per heavy atom. The van der Waals surface area contributed by atoms with Gasteiger partial charge in [0.2, 0.25) is 5.91 Å². The number of methoxy groups -OCH3 is 1. The molecule has 2 aromatic rings. The van der Waals surface area contributed by atoms with Crippen LogP contribution < -0.4 is 10.6 Å². The number of benzene rings is 2. The van der Waals surface area contributed by atoms with Gasteiger partial charge in [-0.3, -0.25) is 4.79 Å². The number of esters is 1.